The molecule has 0 aromatic heterocycles. The number of carboxylic acids is 1. The second kappa shape index (κ2) is 7.76. The van der Waals surface area contributed by atoms with Gasteiger partial charge in [0.05, 0.1) is 0 Å². The maximum Gasteiger partial charge on any atom is 0.326 e. The molecule has 0 saturated carbocycles. The summed E-state index contributed by atoms with van der Waals surface area (Å²) in [6, 6.07) is 5.36. The third kappa shape index (κ3) is 4.85. The van der Waals surface area contributed by atoms with E-state index in [0.717, 1.165) is 0 Å². The van der Waals surface area contributed by atoms with E-state index in [9.17, 15) is 14.0 Å². The first-order chi connectivity index (χ1) is 9.86. The Morgan fingerprint density at radius 2 is 1.90 bits per heavy atom. The minimum Gasteiger partial charge on any atom is -0.480 e. The summed E-state index contributed by atoms with van der Waals surface area (Å²) in [5.41, 5.74) is 0.454. The average molecular weight is 295 g/mol. The molecule has 2 N–H and O–H groups in total. The molecule has 0 saturated heterocycles. The average Bonchev–Trinajstić information content (AvgIpc) is 2.45. The second-order valence-electron chi connectivity index (χ2n) is 5.41. The van der Waals surface area contributed by atoms with Gasteiger partial charge in [-0.2, -0.15) is 0 Å². The highest BCUT2D eigenvalue weighted by atomic mass is 19.1. The first-order valence-corrected chi connectivity index (χ1v) is 7.13. The van der Waals surface area contributed by atoms with Gasteiger partial charge in [-0.15, -0.1) is 0 Å². The highest BCUT2D eigenvalue weighted by Gasteiger charge is 2.27. The lowest BCUT2D eigenvalue weighted by Crippen LogP contribution is -2.47. The molecule has 0 aliphatic carbocycles. The van der Waals surface area contributed by atoms with Crippen molar-refractivity contribution in [3.8, 4) is 0 Å². The van der Waals surface area contributed by atoms with Crippen molar-refractivity contribution in [1.82, 2.24) is 5.32 Å². The van der Waals surface area contributed by atoms with Gasteiger partial charge < -0.3 is 10.4 Å². The predicted molar refractivity (Wildman–Crippen MR) is 78.3 cm³/mol. The van der Waals surface area contributed by atoms with E-state index in [-0.39, 0.29) is 24.1 Å². The SMILES string of the molecule is CCC(C)C(NC(=O)C(C)Cc1ccccc1F)C(=O)O. The van der Waals surface area contributed by atoms with Crippen LogP contribution in [0, 0.1) is 17.7 Å². The fourth-order valence-corrected chi connectivity index (χ4v) is 2.07. The van der Waals surface area contributed by atoms with Gasteiger partial charge >= 0.3 is 5.97 Å². The van der Waals surface area contributed by atoms with Crippen LogP contribution in [0.5, 0.6) is 0 Å². The molecule has 1 aromatic carbocycles. The third-order valence-electron chi connectivity index (χ3n) is 3.71. The molecule has 0 aliphatic rings. The maximum absolute atomic E-state index is 13.6. The largest absolute Gasteiger partial charge is 0.480 e. The molecule has 0 bridgehead atoms. The lowest BCUT2D eigenvalue weighted by atomic mass is 9.96. The Kier molecular flexibility index (Phi) is 6.34. The Hall–Kier alpha value is -1.91. The quantitative estimate of drug-likeness (QED) is 0.812. The minimum atomic E-state index is -1.05. The van der Waals surface area contributed by atoms with E-state index in [2.05, 4.69) is 5.32 Å². The summed E-state index contributed by atoms with van der Waals surface area (Å²) < 4.78 is 13.6. The van der Waals surface area contributed by atoms with Crippen molar-refractivity contribution < 1.29 is 19.1 Å². The number of halogens is 1. The smallest absolute Gasteiger partial charge is 0.326 e. The maximum atomic E-state index is 13.6. The Morgan fingerprint density at radius 3 is 2.43 bits per heavy atom. The van der Waals surface area contributed by atoms with E-state index in [1.807, 2.05) is 6.92 Å². The Balaban J connectivity index is 2.70. The van der Waals surface area contributed by atoms with Gasteiger partial charge in [-0.25, -0.2) is 9.18 Å². The van der Waals surface area contributed by atoms with Crippen LogP contribution >= 0.6 is 0 Å². The summed E-state index contributed by atoms with van der Waals surface area (Å²) in [7, 11) is 0. The second-order valence-corrected chi connectivity index (χ2v) is 5.41. The van der Waals surface area contributed by atoms with Crippen molar-refractivity contribution in [2.24, 2.45) is 11.8 Å². The normalized spacial score (nSPS) is 15.0. The summed E-state index contributed by atoms with van der Waals surface area (Å²) in [5, 5.41) is 11.7. The molecule has 0 aliphatic heterocycles. The number of benzene rings is 1. The molecule has 116 valence electrons. The third-order valence-corrected chi connectivity index (χ3v) is 3.71. The molecule has 3 atom stereocenters. The van der Waals surface area contributed by atoms with Crippen molar-refractivity contribution >= 4 is 11.9 Å². The minimum absolute atomic E-state index is 0.160. The summed E-state index contributed by atoms with van der Waals surface area (Å²) in [6.45, 7) is 5.31. The van der Waals surface area contributed by atoms with Crippen LogP contribution in [-0.2, 0) is 16.0 Å². The molecular formula is C16H22FNO3. The molecule has 4 nitrogen and oxygen atoms in total. The molecule has 1 amide bonds. The molecule has 0 fully saturated rings. The topological polar surface area (TPSA) is 66.4 Å². The van der Waals surface area contributed by atoms with E-state index in [1.165, 1.54) is 6.07 Å². The number of carbonyl (C=O) groups excluding carboxylic acids is 1. The highest BCUT2D eigenvalue weighted by molar-refractivity contribution is 5.85. The van der Waals surface area contributed by atoms with Gasteiger partial charge in [0, 0.05) is 5.92 Å². The number of aliphatic carboxylic acids is 1. The number of carboxylic acid groups (broad SMARTS) is 1. The summed E-state index contributed by atoms with van der Waals surface area (Å²) in [4.78, 5) is 23.3. The van der Waals surface area contributed by atoms with Crippen LogP contribution < -0.4 is 5.32 Å². The molecular weight excluding hydrogens is 273 g/mol. The van der Waals surface area contributed by atoms with Crippen LogP contribution in [0.15, 0.2) is 24.3 Å². The van der Waals surface area contributed by atoms with Crippen molar-refractivity contribution in [2.45, 2.75) is 39.7 Å². The molecule has 21 heavy (non-hydrogen) atoms. The zero-order valence-corrected chi connectivity index (χ0v) is 12.6. The molecule has 1 rings (SSSR count). The van der Waals surface area contributed by atoms with E-state index in [1.54, 1.807) is 32.0 Å². The number of rotatable bonds is 7. The van der Waals surface area contributed by atoms with Crippen LogP contribution in [-0.4, -0.2) is 23.0 Å². The van der Waals surface area contributed by atoms with Crippen molar-refractivity contribution in [2.75, 3.05) is 0 Å². The number of amides is 1. The zero-order valence-electron chi connectivity index (χ0n) is 12.6. The van der Waals surface area contributed by atoms with E-state index >= 15 is 0 Å². The lowest BCUT2D eigenvalue weighted by molar-refractivity contribution is -0.143. The fourth-order valence-electron chi connectivity index (χ4n) is 2.07. The van der Waals surface area contributed by atoms with E-state index in [0.29, 0.717) is 12.0 Å². The molecule has 5 heteroatoms. The van der Waals surface area contributed by atoms with Crippen molar-refractivity contribution in [3.05, 3.63) is 35.6 Å². The molecule has 0 radical (unpaired) electrons. The van der Waals surface area contributed by atoms with E-state index in [4.69, 9.17) is 5.11 Å². The Bertz CT molecular complexity index is 504. The van der Waals surface area contributed by atoms with Gasteiger partial charge in [0.1, 0.15) is 11.9 Å². The standard InChI is InChI=1S/C16H22FNO3/c1-4-10(2)14(16(20)21)18-15(19)11(3)9-12-7-5-6-8-13(12)17/h5-8,10-11,14H,4,9H2,1-3H3,(H,18,19)(H,20,21). The molecule has 0 heterocycles. The number of hydrogen-bond acceptors (Lipinski definition) is 2. The van der Waals surface area contributed by atoms with Crippen LogP contribution in [0.25, 0.3) is 0 Å². The summed E-state index contributed by atoms with van der Waals surface area (Å²) in [6.07, 6.45) is 0.893. The Labute approximate surface area is 124 Å². The highest BCUT2D eigenvalue weighted by Crippen LogP contribution is 2.14. The predicted octanol–water partition coefficient (Wildman–Crippen LogP) is 2.62. The van der Waals surface area contributed by atoms with Crippen LogP contribution in [0.3, 0.4) is 0 Å². The summed E-state index contributed by atoms with van der Waals surface area (Å²) in [5.74, 6) is -2.42. The molecule has 3 unspecified atom stereocenters. The van der Waals surface area contributed by atoms with Gasteiger partial charge in [-0.3, -0.25) is 4.79 Å². The van der Waals surface area contributed by atoms with Crippen molar-refractivity contribution in [3.63, 3.8) is 0 Å². The first kappa shape index (κ1) is 17.1. The monoisotopic (exact) mass is 295 g/mol. The van der Waals surface area contributed by atoms with Crippen LogP contribution in [0.2, 0.25) is 0 Å². The molecule has 1 aromatic rings. The fraction of sp³-hybridized carbons (Fsp3) is 0.500. The van der Waals surface area contributed by atoms with Gasteiger partial charge in [0.2, 0.25) is 5.91 Å². The van der Waals surface area contributed by atoms with Crippen LogP contribution in [0.1, 0.15) is 32.8 Å². The van der Waals surface area contributed by atoms with Gasteiger partial charge in [-0.1, -0.05) is 45.4 Å². The number of hydrogen-bond donors (Lipinski definition) is 2. The van der Waals surface area contributed by atoms with Gasteiger partial charge in [0.25, 0.3) is 0 Å². The van der Waals surface area contributed by atoms with Crippen molar-refractivity contribution in [1.29, 1.82) is 0 Å². The lowest BCUT2D eigenvalue weighted by Gasteiger charge is -2.22. The zero-order chi connectivity index (χ0) is 16.0. The first-order valence-electron chi connectivity index (χ1n) is 7.13. The summed E-state index contributed by atoms with van der Waals surface area (Å²) >= 11 is 0. The number of nitrogens with one attached hydrogen (secondary N) is 1. The molecule has 0 spiro atoms. The van der Waals surface area contributed by atoms with Crippen LogP contribution in [0.4, 0.5) is 4.39 Å². The Morgan fingerprint density at radius 1 is 1.29 bits per heavy atom. The van der Waals surface area contributed by atoms with E-state index < -0.39 is 17.9 Å². The van der Waals surface area contributed by atoms with Gasteiger partial charge in [0.15, 0.2) is 0 Å². The van der Waals surface area contributed by atoms with Gasteiger partial charge in [-0.05, 0) is 24.0 Å². The number of carbonyl (C=O) groups is 2.